The summed E-state index contributed by atoms with van der Waals surface area (Å²) < 4.78 is 42.7. The predicted molar refractivity (Wildman–Crippen MR) is 97.1 cm³/mol. The maximum Gasteiger partial charge on any atom is 0.416 e. The Morgan fingerprint density at radius 3 is 2.59 bits per heavy atom. The summed E-state index contributed by atoms with van der Waals surface area (Å²) in [6, 6.07) is 5.74. The van der Waals surface area contributed by atoms with Gasteiger partial charge in [0.2, 0.25) is 5.13 Å². The second-order valence-electron chi connectivity index (χ2n) is 6.07. The number of hydrogen-bond donors (Lipinski definition) is 1. The summed E-state index contributed by atoms with van der Waals surface area (Å²) in [4.78, 5) is 14.7. The van der Waals surface area contributed by atoms with E-state index in [2.05, 4.69) is 29.5 Å². The molecule has 4 rings (SSSR count). The number of pyridine rings is 2. The van der Waals surface area contributed by atoms with Crippen molar-refractivity contribution in [2.24, 2.45) is 0 Å². The second kappa shape index (κ2) is 7.10. The predicted octanol–water partition coefficient (Wildman–Crippen LogP) is 4.36. The molecule has 0 unspecified atom stereocenters. The maximum absolute atomic E-state index is 12.9. The molecule has 1 aliphatic heterocycles. The molecule has 140 valence electrons. The molecule has 10 heteroatoms. The van der Waals surface area contributed by atoms with Crippen LogP contribution in [-0.4, -0.2) is 32.4 Å². The number of nitrogens with zero attached hydrogens (tertiary/aromatic N) is 5. The largest absolute Gasteiger partial charge is 0.416 e. The Hall–Kier alpha value is -2.75. The summed E-state index contributed by atoms with van der Waals surface area (Å²) in [6.45, 7) is 2.04. The highest BCUT2D eigenvalue weighted by molar-refractivity contribution is 7.09. The van der Waals surface area contributed by atoms with Crippen LogP contribution >= 0.6 is 11.5 Å². The van der Waals surface area contributed by atoms with E-state index in [0.29, 0.717) is 10.9 Å². The van der Waals surface area contributed by atoms with Gasteiger partial charge in [0.25, 0.3) is 0 Å². The van der Waals surface area contributed by atoms with Gasteiger partial charge in [-0.3, -0.25) is 4.98 Å². The fourth-order valence-corrected chi connectivity index (χ4v) is 3.46. The van der Waals surface area contributed by atoms with Crippen molar-refractivity contribution in [2.75, 3.05) is 23.3 Å². The van der Waals surface area contributed by atoms with Crippen molar-refractivity contribution in [2.45, 2.75) is 19.0 Å². The molecule has 27 heavy (non-hydrogen) atoms. The normalized spacial score (nSPS) is 14.6. The van der Waals surface area contributed by atoms with Crippen molar-refractivity contribution in [3.05, 3.63) is 42.2 Å². The fraction of sp³-hybridized carbons (Fsp3) is 0.294. The third kappa shape index (κ3) is 4.00. The van der Waals surface area contributed by atoms with Crippen molar-refractivity contribution in [3.63, 3.8) is 0 Å². The highest BCUT2D eigenvalue weighted by Gasteiger charge is 2.31. The van der Waals surface area contributed by atoms with Crippen molar-refractivity contribution < 1.29 is 13.2 Å². The van der Waals surface area contributed by atoms with Gasteiger partial charge in [-0.2, -0.15) is 22.5 Å². The molecule has 0 radical (unpaired) electrons. The average molecular weight is 392 g/mol. The number of aromatic nitrogens is 4. The molecule has 1 N–H and O–H groups in total. The van der Waals surface area contributed by atoms with Crippen LogP contribution < -0.4 is 10.2 Å². The molecule has 0 aliphatic carbocycles. The molecule has 0 amide bonds. The van der Waals surface area contributed by atoms with E-state index < -0.39 is 11.7 Å². The lowest BCUT2D eigenvalue weighted by Gasteiger charge is -2.17. The van der Waals surface area contributed by atoms with Crippen LogP contribution in [0.1, 0.15) is 18.4 Å². The minimum Gasteiger partial charge on any atom is -0.371 e. The monoisotopic (exact) mass is 392 g/mol. The summed E-state index contributed by atoms with van der Waals surface area (Å²) in [5, 5.41) is 3.50. The number of halogens is 3. The molecule has 0 saturated carbocycles. The first-order chi connectivity index (χ1) is 13.0. The number of alkyl halides is 3. The molecule has 0 bridgehead atoms. The molecule has 0 spiro atoms. The van der Waals surface area contributed by atoms with Crippen LogP contribution in [0.25, 0.3) is 11.5 Å². The van der Waals surface area contributed by atoms with Crippen LogP contribution in [0.2, 0.25) is 0 Å². The van der Waals surface area contributed by atoms with Crippen LogP contribution in [-0.2, 0) is 6.18 Å². The standard InChI is InChI=1S/C17H15F3N6S/c18-17(19,20)11-3-5-21-13(9-11)15-24-16(27-25-15)23-14-10-12(4-6-22-14)26-7-1-2-8-26/h3-6,9-10H,1-2,7-8H2,(H,22,23,24,25). The Morgan fingerprint density at radius 1 is 1.04 bits per heavy atom. The lowest BCUT2D eigenvalue weighted by atomic mass is 10.2. The van der Waals surface area contributed by atoms with Crippen LogP contribution in [0.3, 0.4) is 0 Å². The van der Waals surface area contributed by atoms with Crippen molar-refractivity contribution >= 4 is 28.2 Å². The molecule has 4 heterocycles. The molecule has 0 atom stereocenters. The van der Waals surface area contributed by atoms with Crippen LogP contribution in [0, 0.1) is 0 Å². The minimum atomic E-state index is -4.44. The van der Waals surface area contributed by atoms with Crippen molar-refractivity contribution in [1.82, 2.24) is 19.3 Å². The zero-order valence-corrected chi connectivity index (χ0v) is 14.9. The Kier molecular flexibility index (Phi) is 4.65. The fourth-order valence-electron chi connectivity index (χ4n) is 2.88. The number of anilines is 3. The van der Waals surface area contributed by atoms with Gasteiger partial charge in [-0.05, 0) is 31.0 Å². The number of nitrogens with one attached hydrogen (secondary N) is 1. The van der Waals surface area contributed by atoms with Gasteiger partial charge in [0.1, 0.15) is 11.5 Å². The van der Waals surface area contributed by atoms with Gasteiger partial charge >= 0.3 is 6.18 Å². The first-order valence-corrected chi connectivity index (χ1v) is 9.12. The summed E-state index contributed by atoms with van der Waals surface area (Å²) in [6.07, 6.45) is 0.734. The molecular formula is C17H15F3N6S. The van der Waals surface area contributed by atoms with Crippen LogP contribution in [0.4, 0.5) is 29.8 Å². The van der Waals surface area contributed by atoms with Gasteiger partial charge in [0.05, 0.1) is 5.56 Å². The number of rotatable bonds is 4. The molecule has 0 aromatic carbocycles. The van der Waals surface area contributed by atoms with Gasteiger partial charge in [-0.1, -0.05) is 0 Å². The summed E-state index contributed by atoms with van der Waals surface area (Å²) in [5.41, 5.74) is 0.374. The first-order valence-electron chi connectivity index (χ1n) is 8.34. The molecule has 3 aromatic heterocycles. The third-order valence-corrected chi connectivity index (χ3v) is 4.82. The van der Waals surface area contributed by atoms with Crippen molar-refractivity contribution in [3.8, 4) is 11.5 Å². The summed E-state index contributed by atoms with van der Waals surface area (Å²) in [7, 11) is 0. The highest BCUT2D eigenvalue weighted by atomic mass is 32.1. The van der Waals surface area contributed by atoms with Gasteiger partial charge in [0.15, 0.2) is 5.82 Å². The lowest BCUT2D eigenvalue weighted by molar-refractivity contribution is -0.137. The Balaban J connectivity index is 1.53. The van der Waals surface area contributed by atoms with E-state index in [0.717, 1.165) is 48.6 Å². The topological polar surface area (TPSA) is 66.8 Å². The van der Waals surface area contributed by atoms with Gasteiger partial charge in [0, 0.05) is 48.8 Å². The maximum atomic E-state index is 12.9. The van der Waals surface area contributed by atoms with E-state index in [1.54, 1.807) is 6.20 Å². The zero-order valence-electron chi connectivity index (χ0n) is 14.1. The van der Waals surface area contributed by atoms with E-state index in [1.807, 2.05) is 12.1 Å². The molecule has 6 nitrogen and oxygen atoms in total. The molecule has 1 fully saturated rings. The SMILES string of the molecule is FC(F)(F)c1ccnc(-c2nsc(Nc3cc(N4CCCC4)ccn3)n2)c1. The van der Waals surface area contributed by atoms with E-state index in [9.17, 15) is 13.2 Å². The summed E-state index contributed by atoms with van der Waals surface area (Å²) in [5.74, 6) is 0.753. The minimum absolute atomic E-state index is 0.0768. The smallest absolute Gasteiger partial charge is 0.371 e. The molecule has 3 aromatic rings. The third-order valence-electron chi connectivity index (χ3n) is 4.19. The van der Waals surface area contributed by atoms with E-state index in [4.69, 9.17) is 0 Å². The van der Waals surface area contributed by atoms with E-state index >= 15 is 0 Å². The average Bonchev–Trinajstić information content (AvgIpc) is 3.33. The quantitative estimate of drug-likeness (QED) is 0.712. The van der Waals surface area contributed by atoms with Gasteiger partial charge in [-0.15, -0.1) is 0 Å². The number of hydrogen-bond acceptors (Lipinski definition) is 7. The molecule has 1 saturated heterocycles. The lowest BCUT2D eigenvalue weighted by Crippen LogP contribution is -2.17. The Labute approximate surface area is 157 Å². The molecular weight excluding hydrogens is 377 g/mol. The Morgan fingerprint density at radius 2 is 1.81 bits per heavy atom. The Bertz CT molecular complexity index is 936. The van der Waals surface area contributed by atoms with Crippen molar-refractivity contribution in [1.29, 1.82) is 0 Å². The summed E-state index contributed by atoms with van der Waals surface area (Å²) >= 11 is 1.04. The van der Waals surface area contributed by atoms with E-state index in [1.165, 1.54) is 12.8 Å². The van der Waals surface area contributed by atoms with Gasteiger partial charge in [-0.25, -0.2) is 4.98 Å². The highest BCUT2D eigenvalue weighted by Crippen LogP contribution is 2.31. The van der Waals surface area contributed by atoms with Crippen LogP contribution in [0.5, 0.6) is 0 Å². The second-order valence-corrected chi connectivity index (χ2v) is 6.82. The van der Waals surface area contributed by atoms with Gasteiger partial charge < -0.3 is 10.2 Å². The van der Waals surface area contributed by atoms with E-state index in [-0.39, 0.29) is 11.5 Å². The zero-order chi connectivity index (χ0) is 18.9. The molecule has 1 aliphatic rings. The van der Waals surface area contributed by atoms with Crippen LogP contribution in [0.15, 0.2) is 36.7 Å². The first kappa shape index (κ1) is 17.7.